The molecular formula is C14H14Cl2N2S. The first-order valence-electron chi connectivity index (χ1n) is 6.29. The molecule has 1 aliphatic rings. The molecule has 0 aliphatic heterocycles. The molecule has 100 valence electrons. The Morgan fingerprint density at radius 1 is 1.21 bits per heavy atom. The Balaban J connectivity index is 1.99. The number of nitrogens with zero attached hydrogens (tertiary/aromatic N) is 1. The minimum absolute atomic E-state index is 0.0619. The second-order valence-corrected chi connectivity index (χ2v) is 6.69. The minimum atomic E-state index is 0.0619. The van der Waals surface area contributed by atoms with Crippen LogP contribution >= 0.6 is 34.5 Å². The number of aryl methyl sites for hydroxylation is 2. The van der Waals surface area contributed by atoms with Crippen molar-refractivity contribution >= 4 is 34.5 Å². The van der Waals surface area contributed by atoms with Crippen molar-refractivity contribution in [1.82, 2.24) is 10.3 Å². The second kappa shape index (κ2) is 5.41. The molecule has 0 fully saturated rings. The molecule has 2 nitrogen and oxygen atoms in total. The number of fused-ring (bicyclic) bond motifs is 1. The van der Waals surface area contributed by atoms with Gasteiger partial charge in [-0.25, -0.2) is 4.98 Å². The van der Waals surface area contributed by atoms with E-state index in [1.807, 2.05) is 19.2 Å². The summed E-state index contributed by atoms with van der Waals surface area (Å²) < 4.78 is 0. The van der Waals surface area contributed by atoms with E-state index in [1.165, 1.54) is 23.4 Å². The Kier molecular flexibility index (Phi) is 3.81. The average molecular weight is 313 g/mol. The van der Waals surface area contributed by atoms with E-state index in [9.17, 15) is 0 Å². The largest absolute Gasteiger partial charge is 0.307 e. The van der Waals surface area contributed by atoms with Crippen LogP contribution in [0.25, 0.3) is 0 Å². The van der Waals surface area contributed by atoms with Crippen LogP contribution in [-0.4, -0.2) is 12.0 Å². The smallest absolute Gasteiger partial charge is 0.115 e. The molecule has 5 heteroatoms. The van der Waals surface area contributed by atoms with E-state index in [4.69, 9.17) is 28.2 Å². The van der Waals surface area contributed by atoms with Crippen molar-refractivity contribution in [3.8, 4) is 0 Å². The first-order chi connectivity index (χ1) is 9.17. The fourth-order valence-electron chi connectivity index (χ4n) is 2.51. The van der Waals surface area contributed by atoms with Crippen molar-refractivity contribution in [2.24, 2.45) is 0 Å². The Bertz CT molecular complexity index is 568. The lowest BCUT2D eigenvalue weighted by atomic mass is 10.1. The highest BCUT2D eigenvalue weighted by molar-refractivity contribution is 7.11. The summed E-state index contributed by atoms with van der Waals surface area (Å²) in [5, 5.41) is 5.73. The third-order valence-electron chi connectivity index (χ3n) is 3.37. The monoisotopic (exact) mass is 312 g/mol. The van der Waals surface area contributed by atoms with Gasteiger partial charge in [0.1, 0.15) is 5.01 Å². The van der Waals surface area contributed by atoms with E-state index in [2.05, 4.69) is 5.32 Å². The van der Waals surface area contributed by atoms with Crippen molar-refractivity contribution in [2.75, 3.05) is 7.05 Å². The fraction of sp³-hybridized carbons (Fsp3) is 0.357. The van der Waals surface area contributed by atoms with Gasteiger partial charge >= 0.3 is 0 Å². The van der Waals surface area contributed by atoms with E-state index in [-0.39, 0.29) is 6.04 Å². The molecule has 0 radical (unpaired) electrons. The molecule has 0 saturated heterocycles. The van der Waals surface area contributed by atoms with E-state index in [0.717, 1.165) is 17.0 Å². The summed E-state index contributed by atoms with van der Waals surface area (Å²) in [6, 6.07) is 5.70. The first-order valence-corrected chi connectivity index (χ1v) is 7.86. The number of hydrogen-bond donors (Lipinski definition) is 1. The summed E-state index contributed by atoms with van der Waals surface area (Å²) in [4.78, 5) is 6.20. The molecule has 0 saturated carbocycles. The van der Waals surface area contributed by atoms with Gasteiger partial charge in [-0.15, -0.1) is 11.3 Å². The summed E-state index contributed by atoms with van der Waals surface area (Å²) in [6.45, 7) is 0. The number of hydrogen-bond acceptors (Lipinski definition) is 3. The van der Waals surface area contributed by atoms with Gasteiger partial charge in [-0.1, -0.05) is 23.2 Å². The maximum Gasteiger partial charge on any atom is 0.115 e. The van der Waals surface area contributed by atoms with Crippen LogP contribution in [0.1, 0.15) is 33.6 Å². The van der Waals surface area contributed by atoms with Crippen LogP contribution in [0.4, 0.5) is 0 Å². The van der Waals surface area contributed by atoms with Gasteiger partial charge in [-0.3, -0.25) is 0 Å². The molecule has 1 aliphatic carbocycles. The van der Waals surface area contributed by atoms with Crippen molar-refractivity contribution in [2.45, 2.75) is 25.3 Å². The predicted molar refractivity (Wildman–Crippen MR) is 81.5 cm³/mol. The van der Waals surface area contributed by atoms with Crippen LogP contribution in [-0.2, 0) is 12.8 Å². The van der Waals surface area contributed by atoms with Crippen LogP contribution in [0.15, 0.2) is 18.2 Å². The summed E-state index contributed by atoms with van der Waals surface area (Å²) in [5.41, 5.74) is 2.33. The van der Waals surface area contributed by atoms with Gasteiger partial charge in [0.25, 0.3) is 0 Å². The highest BCUT2D eigenvalue weighted by Gasteiger charge is 2.22. The molecule has 1 heterocycles. The van der Waals surface area contributed by atoms with Crippen LogP contribution < -0.4 is 5.32 Å². The van der Waals surface area contributed by atoms with E-state index >= 15 is 0 Å². The van der Waals surface area contributed by atoms with Crippen molar-refractivity contribution in [3.63, 3.8) is 0 Å². The molecule has 19 heavy (non-hydrogen) atoms. The van der Waals surface area contributed by atoms with Gasteiger partial charge in [0, 0.05) is 14.9 Å². The molecule has 2 aromatic rings. The van der Waals surface area contributed by atoms with E-state index in [1.54, 1.807) is 17.4 Å². The summed E-state index contributed by atoms with van der Waals surface area (Å²) >= 11 is 14.0. The van der Waals surface area contributed by atoms with Gasteiger partial charge in [0.2, 0.25) is 0 Å². The number of aromatic nitrogens is 1. The number of halogens is 2. The molecule has 1 unspecified atom stereocenters. The Hall–Kier alpha value is -0.610. The van der Waals surface area contributed by atoms with Gasteiger partial charge in [0.05, 0.1) is 11.7 Å². The molecule has 1 N–H and O–H groups in total. The second-order valence-electron chi connectivity index (χ2n) is 4.70. The molecule has 1 aromatic carbocycles. The molecule has 0 amide bonds. The third-order valence-corrected chi connectivity index (χ3v) is 5.02. The molecule has 1 aromatic heterocycles. The van der Waals surface area contributed by atoms with Crippen molar-refractivity contribution < 1.29 is 0 Å². The zero-order valence-corrected chi connectivity index (χ0v) is 12.9. The topological polar surface area (TPSA) is 24.9 Å². The van der Waals surface area contributed by atoms with E-state index in [0.29, 0.717) is 10.0 Å². The van der Waals surface area contributed by atoms with Crippen LogP contribution in [0.3, 0.4) is 0 Å². The lowest BCUT2D eigenvalue weighted by molar-refractivity contribution is 0.683. The first kappa shape index (κ1) is 13.4. The van der Waals surface area contributed by atoms with Crippen molar-refractivity contribution in [1.29, 1.82) is 0 Å². The van der Waals surface area contributed by atoms with Gasteiger partial charge in [-0.2, -0.15) is 0 Å². The predicted octanol–water partition coefficient (Wildman–Crippen LogP) is 4.25. The minimum Gasteiger partial charge on any atom is -0.307 e. The number of thiazole rings is 1. The number of rotatable bonds is 3. The summed E-state index contributed by atoms with van der Waals surface area (Å²) in [7, 11) is 1.94. The fourth-order valence-corrected chi connectivity index (χ4v) is 4.34. The maximum absolute atomic E-state index is 6.08. The van der Waals surface area contributed by atoms with Gasteiger partial charge in [-0.05, 0) is 50.1 Å². The Morgan fingerprint density at radius 2 is 1.95 bits per heavy atom. The summed E-state index contributed by atoms with van der Waals surface area (Å²) in [5.74, 6) is 0. The Morgan fingerprint density at radius 3 is 2.58 bits per heavy atom. The normalized spacial score (nSPS) is 15.5. The number of benzene rings is 1. The lowest BCUT2D eigenvalue weighted by Gasteiger charge is -2.15. The third kappa shape index (κ3) is 2.65. The molecule has 1 atom stereocenters. The SMILES string of the molecule is CNC(c1cc(Cl)cc(Cl)c1)c1nc2c(s1)CCC2. The average Bonchev–Trinajstić information content (AvgIpc) is 2.89. The molecule has 3 rings (SSSR count). The highest BCUT2D eigenvalue weighted by atomic mass is 35.5. The molecular weight excluding hydrogens is 299 g/mol. The number of nitrogens with one attached hydrogen (secondary N) is 1. The van der Waals surface area contributed by atoms with Crippen LogP contribution in [0.2, 0.25) is 10.0 Å². The van der Waals surface area contributed by atoms with Gasteiger partial charge < -0.3 is 5.32 Å². The highest BCUT2D eigenvalue weighted by Crippen LogP contribution is 2.34. The van der Waals surface area contributed by atoms with Crippen LogP contribution in [0, 0.1) is 0 Å². The molecule has 0 spiro atoms. The molecule has 0 bridgehead atoms. The standard InChI is InChI=1S/C14H14Cl2N2S/c1-17-13(8-5-9(15)7-10(16)6-8)14-18-11-3-2-4-12(11)19-14/h5-7,13,17H,2-4H2,1H3. The zero-order valence-electron chi connectivity index (χ0n) is 10.5. The van der Waals surface area contributed by atoms with Gasteiger partial charge in [0.15, 0.2) is 0 Å². The summed E-state index contributed by atoms with van der Waals surface area (Å²) in [6.07, 6.45) is 3.51. The maximum atomic E-state index is 6.08. The van der Waals surface area contributed by atoms with E-state index < -0.39 is 0 Å². The quantitative estimate of drug-likeness (QED) is 0.916. The Labute approximate surface area is 126 Å². The van der Waals surface area contributed by atoms with Crippen molar-refractivity contribution in [3.05, 3.63) is 49.4 Å². The zero-order chi connectivity index (χ0) is 13.4. The lowest BCUT2D eigenvalue weighted by Crippen LogP contribution is -2.17. The van der Waals surface area contributed by atoms with Crippen LogP contribution in [0.5, 0.6) is 0 Å².